The van der Waals surface area contributed by atoms with E-state index in [1.165, 1.54) is 39.3 Å². The number of benzene rings is 1. The molecule has 1 N–H and O–H groups in total. The second kappa shape index (κ2) is 2.86. The van der Waals surface area contributed by atoms with Crippen LogP contribution in [0.25, 0.3) is 10.9 Å². The van der Waals surface area contributed by atoms with Crippen molar-refractivity contribution in [2.45, 2.75) is 25.7 Å². The second-order valence-corrected chi connectivity index (χ2v) is 4.93. The largest absolute Gasteiger partial charge is 0.360 e. The molecule has 0 spiro atoms. The molecule has 1 nitrogen and oxygen atoms in total. The Labute approximate surface area is 91.6 Å². The van der Waals surface area contributed by atoms with Gasteiger partial charge in [-0.2, -0.15) is 0 Å². The van der Waals surface area contributed by atoms with Gasteiger partial charge in [0.15, 0.2) is 0 Å². The highest BCUT2D eigenvalue weighted by atomic mass is 79.9. The van der Waals surface area contributed by atoms with E-state index in [-0.39, 0.29) is 0 Å². The van der Waals surface area contributed by atoms with Gasteiger partial charge in [0.25, 0.3) is 0 Å². The van der Waals surface area contributed by atoms with Crippen LogP contribution in [0.4, 0.5) is 0 Å². The van der Waals surface area contributed by atoms with E-state index in [1.54, 1.807) is 0 Å². The Hall–Kier alpha value is -0.760. The third-order valence-electron chi connectivity index (χ3n) is 3.04. The lowest BCUT2D eigenvalue weighted by Gasteiger charge is -2.00. The van der Waals surface area contributed by atoms with E-state index in [9.17, 15) is 0 Å². The summed E-state index contributed by atoms with van der Waals surface area (Å²) >= 11 is 3.63. The third-order valence-corrected chi connectivity index (χ3v) is 4.06. The zero-order valence-electron chi connectivity index (χ0n) is 8.10. The maximum atomic E-state index is 3.63. The molecule has 1 aliphatic rings. The predicted molar refractivity (Wildman–Crippen MR) is 62.7 cm³/mol. The van der Waals surface area contributed by atoms with Gasteiger partial charge in [0.1, 0.15) is 0 Å². The van der Waals surface area contributed by atoms with Gasteiger partial charge in [0, 0.05) is 16.1 Å². The lowest BCUT2D eigenvalue weighted by molar-refractivity contribution is 1.15. The van der Waals surface area contributed by atoms with Crippen LogP contribution in [-0.4, -0.2) is 4.98 Å². The Morgan fingerprint density at radius 2 is 2.14 bits per heavy atom. The molecule has 0 bridgehead atoms. The van der Waals surface area contributed by atoms with E-state index in [4.69, 9.17) is 0 Å². The Kier molecular flexibility index (Phi) is 1.75. The van der Waals surface area contributed by atoms with Crippen molar-refractivity contribution >= 4 is 26.8 Å². The van der Waals surface area contributed by atoms with Crippen LogP contribution in [0.2, 0.25) is 0 Å². The van der Waals surface area contributed by atoms with E-state index in [1.807, 2.05) is 0 Å². The van der Waals surface area contributed by atoms with Gasteiger partial charge in [-0.1, -0.05) is 12.1 Å². The van der Waals surface area contributed by atoms with Gasteiger partial charge < -0.3 is 4.98 Å². The summed E-state index contributed by atoms with van der Waals surface area (Å²) in [5, 5.41) is 1.39. The van der Waals surface area contributed by atoms with Crippen molar-refractivity contribution in [3.63, 3.8) is 0 Å². The maximum Gasteiger partial charge on any atom is 0.0604 e. The molecule has 1 aromatic carbocycles. The highest BCUT2D eigenvalue weighted by Crippen LogP contribution is 2.44. The van der Waals surface area contributed by atoms with E-state index in [2.05, 4.69) is 46.2 Å². The highest BCUT2D eigenvalue weighted by molar-refractivity contribution is 9.10. The number of hydrogen-bond acceptors (Lipinski definition) is 0. The van der Waals surface area contributed by atoms with Crippen molar-refractivity contribution in [2.24, 2.45) is 0 Å². The van der Waals surface area contributed by atoms with Gasteiger partial charge in [-0.15, -0.1) is 0 Å². The Balaban J connectivity index is 2.31. The fourth-order valence-corrected chi connectivity index (χ4v) is 2.48. The number of hydrogen-bond donors (Lipinski definition) is 1. The summed E-state index contributed by atoms with van der Waals surface area (Å²) < 4.78 is 1.21. The predicted octanol–water partition coefficient (Wildman–Crippen LogP) is 4.12. The number of aromatic amines is 1. The molecule has 0 saturated heterocycles. The normalized spacial score (nSPS) is 16.4. The molecule has 0 unspecified atom stereocenters. The molecule has 1 heterocycles. The molecule has 2 aromatic rings. The van der Waals surface area contributed by atoms with Crippen LogP contribution < -0.4 is 0 Å². The van der Waals surface area contributed by atoms with Gasteiger partial charge in [-0.25, -0.2) is 0 Å². The first-order valence-corrected chi connectivity index (χ1v) is 5.83. The van der Waals surface area contributed by atoms with Gasteiger partial charge in [-0.05, 0) is 52.7 Å². The van der Waals surface area contributed by atoms with Crippen molar-refractivity contribution in [3.8, 4) is 0 Å². The molecule has 1 fully saturated rings. The first kappa shape index (κ1) is 8.54. The van der Waals surface area contributed by atoms with E-state index in [0.29, 0.717) is 0 Å². The fraction of sp³-hybridized carbons (Fsp3) is 0.333. The molecular weight excluding hydrogens is 238 g/mol. The van der Waals surface area contributed by atoms with Crippen LogP contribution in [0.1, 0.15) is 29.9 Å². The zero-order valence-corrected chi connectivity index (χ0v) is 9.69. The third kappa shape index (κ3) is 1.13. The van der Waals surface area contributed by atoms with Crippen LogP contribution >= 0.6 is 15.9 Å². The number of aromatic nitrogens is 1. The standard InChI is InChI=1S/C12H12BrN/c1-7-2-5-9-10(8-3-4-8)6-14-12(9)11(7)13/h2,5-6,8,14H,3-4H2,1H3. The highest BCUT2D eigenvalue weighted by Gasteiger charge is 2.26. The van der Waals surface area contributed by atoms with Gasteiger partial charge in [0.05, 0.1) is 5.52 Å². The van der Waals surface area contributed by atoms with Crippen molar-refractivity contribution in [3.05, 3.63) is 33.9 Å². The Bertz CT molecular complexity index is 494. The molecule has 72 valence electrons. The number of aryl methyl sites for hydroxylation is 1. The van der Waals surface area contributed by atoms with Gasteiger partial charge in [0.2, 0.25) is 0 Å². The molecule has 0 atom stereocenters. The van der Waals surface area contributed by atoms with Gasteiger partial charge in [-0.3, -0.25) is 0 Å². The first-order chi connectivity index (χ1) is 6.77. The lowest BCUT2D eigenvalue weighted by Crippen LogP contribution is -1.79. The average Bonchev–Trinajstić information content (AvgIpc) is 2.93. The molecule has 0 aliphatic heterocycles. The molecule has 3 rings (SSSR count). The first-order valence-electron chi connectivity index (χ1n) is 5.03. The van der Waals surface area contributed by atoms with Crippen molar-refractivity contribution in [1.29, 1.82) is 0 Å². The lowest BCUT2D eigenvalue weighted by atomic mass is 10.1. The quantitative estimate of drug-likeness (QED) is 0.783. The minimum absolute atomic E-state index is 0.818. The molecule has 1 aromatic heterocycles. The zero-order chi connectivity index (χ0) is 9.71. The van der Waals surface area contributed by atoms with Gasteiger partial charge >= 0.3 is 0 Å². The topological polar surface area (TPSA) is 15.8 Å². The molecule has 0 radical (unpaired) electrons. The van der Waals surface area contributed by atoms with Crippen molar-refractivity contribution in [1.82, 2.24) is 4.98 Å². The summed E-state index contributed by atoms with van der Waals surface area (Å²) in [7, 11) is 0. The molecular formula is C12H12BrN. The molecule has 1 saturated carbocycles. The second-order valence-electron chi connectivity index (χ2n) is 4.14. The number of rotatable bonds is 1. The smallest absolute Gasteiger partial charge is 0.0604 e. The molecule has 2 heteroatoms. The van der Waals surface area contributed by atoms with Crippen molar-refractivity contribution in [2.75, 3.05) is 0 Å². The number of halogens is 1. The minimum atomic E-state index is 0.818. The summed E-state index contributed by atoms with van der Waals surface area (Å²) in [4.78, 5) is 3.37. The van der Waals surface area contributed by atoms with Crippen LogP contribution in [0.3, 0.4) is 0 Å². The van der Waals surface area contributed by atoms with E-state index < -0.39 is 0 Å². The number of nitrogens with one attached hydrogen (secondary N) is 1. The van der Waals surface area contributed by atoms with Crippen LogP contribution in [-0.2, 0) is 0 Å². The number of H-pyrrole nitrogens is 1. The molecule has 1 aliphatic carbocycles. The van der Waals surface area contributed by atoms with Crippen LogP contribution in [0, 0.1) is 6.92 Å². The van der Waals surface area contributed by atoms with Crippen molar-refractivity contribution < 1.29 is 0 Å². The molecule has 14 heavy (non-hydrogen) atoms. The summed E-state index contributed by atoms with van der Waals surface area (Å²) in [6, 6.07) is 4.42. The summed E-state index contributed by atoms with van der Waals surface area (Å²) in [5.74, 6) is 0.818. The summed E-state index contributed by atoms with van der Waals surface area (Å²) in [5.41, 5.74) is 4.05. The van der Waals surface area contributed by atoms with Crippen LogP contribution in [0.5, 0.6) is 0 Å². The Morgan fingerprint density at radius 3 is 2.86 bits per heavy atom. The summed E-state index contributed by atoms with van der Waals surface area (Å²) in [6.45, 7) is 2.13. The average molecular weight is 250 g/mol. The fourth-order valence-electron chi connectivity index (χ4n) is 2.02. The minimum Gasteiger partial charge on any atom is -0.360 e. The Morgan fingerprint density at radius 1 is 1.36 bits per heavy atom. The molecule has 0 amide bonds. The SMILES string of the molecule is Cc1ccc2c(C3CC3)c[nH]c2c1Br. The monoisotopic (exact) mass is 249 g/mol. The summed E-state index contributed by atoms with van der Waals surface area (Å²) in [6.07, 6.45) is 4.89. The maximum absolute atomic E-state index is 3.63. The van der Waals surface area contributed by atoms with E-state index >= 15 is 0 Å². The van der Waals surface area contributed by atoms with E-state index in [0.717, 1.165) is 5.92 Å². The number of fused-ring (bicyclic) bond motifs is 1. The van der Waals surface area contributed by atoms with Crippen LogP contribution in [0.15, 0.2) is 22.8 Å².